The summed E-state index contributed by atoms with van der Waals surface area (Å²) in [6.07, 6.45) is 1.50. The van der Waals surface area contributed by atoms with Crippen LogP contribution in [-0.2, 0) is 4.79 Å². The molecule has 1 atom stereocenters. The smallest absolute Gasteiger partial charge is 0.315 e. The molecule has 0 saturated carbocycles. The first kappa shape index (κ1) is 15.8. The van der Waals surface area contributed by atoms with Gasteiger partial charge in [0.05, 0.1) is 12.1 Å². The van der Waals surface area contributed by atoms with Gasteiger partial charge in [-0.3, -0.25) is 15.6 Å². The van der Waals surface area contributed by atoms with E-state index in [4.69, 9.17) is 0 Å². The summed E-state index contributed by atoms with van der Waals surface area (Å²) in [7, 11) is 0. The van der Waals surface area contributed by atoms with Crippen LogP contribution >= 0.6 is 0 Å². The zero-order chi connectivity index (χ0) is 16.1. The minimum absolute atomic E-state index is 0.0693. The van der Waals surface area contributed by atoms with Gasteiger partial charge in [-0.25, -0.2) is 4.79 Å². The van der Waals surface area contributed by atoms with Crippen molar-refractivity contribution in [3.63, 3.8) is 0 Å². The van der Waals surface area contributed by atoms with Crippen LogP contribution < -0.4 is 21.5 Å². The number of hydrazine groups is 1. The van der Waals surface area contributed by atoms with E-state index in [-0.39, 0.29) is 24.0 Å². The van der Waals surface area contributed by atoms with E-state index in [2.05, 4.69) is 21.5 Å². The molecule has 3 rings (SSSR count). The molecule has 0 aromatic heterocycles. The molecule has 2 heterocycles. The fraction of sp³-hybridized carbons (Fsp3) is 0.500. The first-order valence-corrected chi connectivity index (χ1v) is 8.08. The summed E-state index contributed by atoms with van der Waals surface area (Å²) in [6.45, 7) is 2.68. The number of amides is 3. The van der Waals surface area contributed by atoms with Crippen LogP contribution in [0.3, 0.4) is 0 Å². The lowest BCUT2D eigenvalue weighted by atomic mass is 10.1. The van der Waals surface area contributed by atoms with Gasteiger partial charge >= 0.3 is 6.03 Å². The standard InChI is InChI=1S/C16H23N5O2/c22-15-7-4-8-21(15)11-14(12-5-2-1-3-6-12)20-16(23)19-13-9-17-18-10-13/h1-3,5-6,13-14,17-18H,4,7-11H2,(H2,19,20,23). The van der Waals surface area contributed by atoms with Gasteiger partial charge in [0.25, 0.3) is 0 Å². The Balaban J connectivity index is 1.64. The van der Waals surface area contributed by atoms with Crippen molar-refractivity contribution < 1.29 is 9.59 Å². The van der Waals surface area contributed by atoms with Gasteiger partial charge < -0.3 is 15.5 Å². The molecule has 2 aliphatic heterocycles. The highest BCUT2D eigenvalue weighted by atomic mass is 16.2. The molecule has 23 heavy (non-hydrogen) atoms. The number of benzene rings is 1. The van der Waals surface area contributed by atoms with Crippen LogP contribution in [0, 0.1) is 0 Å². The van der Waals surface area contributed by atoms with Gasteiger partial charge in [-0.15, -0.1) is 0 Å². The highest BCUT2D eigenvalue weighted by molar-refractivity contribution is 5.78. The van der Waals surface area contributed by atoms with Gasteiger partial charge in [-0.2, -0.15) is 0 Å². The number of hydrogen-bond donors (Lipinski definition) is 4. The molecule has 3 amide bonds. The maximum Gasteiger partial charge on any atom is 0.315 e. The Bertz CT molecular complexity index is 545. The highest BCUT2D eigenvalue weighted by Gasteiger charge is 2.26. The van der Waals surface area contributed by atoms with Crippen molar-refractivity contribution in [2.75, 3.05) is 26.2 Å². The monoisotopic (exact) mass is 317 g/mol. The molecule has 0 aliphatic carbocycles. The van der Waals surface area contributed by atoms with Crippen molar-refractivity contribution in [3.05, 3.63) is 35.9 Å². The second-order valence-corrected chi connectivity index (χ2v) is 5.98. The Hall–Kier alpha value is -2.12. The normalized spacial score (nSPS) is 19.8. The molecule has 0 bridgehead atoms. The Morgan fingerprint density at radius 3 is 2.65 bits per heavy atom. The van der Waals surface area contributed by atoms with Gasteiger partial charge in [0.15, 0.2) is 0 Å². The predicted octanol–water partition coefficient (Wildman–Crippen LogP) is 0.126. The average molecular weight is 317 g/mol. The van der Waals surface area contributed by atoms with E-state index >= 15 is 0 Å². The molecule has 2 fully saturated rings. The molecule has 7 heteroatoms. The lowest BCUT2D eigenvalue weighted by molar-refractivity contribution is -0.128. The van der Waals surface area contributed by atoms with E-state index in [9.17, 15) is 9.59 Å². The van der Waals surface area contributed by atoms with Crippen LogP contribution in [0.2, 0.25) is 0 Å². The van der Waals surface area contributed by atoms with Gasteiger partial charge in [0.2, 0.25) is 5.91 Å². The molecule has 7 nitrogen and oxygen atoms in total. The summed E-state index contributed by atoms with van der Waals surface area (Å²) < 4.78 is 0. The molecule has 1 unspecified atom stereocenters. The summed E-state index contributed by atoms with van der Waals surface area (Å²) in [6, 6.07) is 9.43. The lowest BCUT2D eigenvalue weighted by Crippen LogP contribution is -2.47. The van der Waals surface area contributed by atoms with E-state index in [1.807, 2.05) is 35.2 Å². The molecule has 2 saturated heterocycles. The van der Waals surface area contributed by atoms with Crippen molar-refractivity contribution in [1.82, 2.24) is 26.4 Å². The van der Waals surface area contributed by atoms with E-state index in [0.29, 0.717) is 26.1 Å². The SMILES string of the molecule is O=C(NC1CNNC1)NC(CN1CCCC1=O)c1ccccc1. The number of likely N-dealkylation sites (tertiary alicyclic amines) is 1. The number of nitrogens with zero attached hydrogens (tertiary/aromatic N) is 1. The van der Waals surface area contributed by atoms with Crippen molar-refractivity contribution in [2.24, 2.45) is 0 Å². The molecule has 1 aromatic rings. The summed E-state index contributed by atoms with van der Waals surface area (Å²) in [4.78, 5) is 26.0. The van der Waals surface area contributed by atoms with E-state index < -0.39 is 0 Å². The minimum atomic E-state index is -0.208. The summed E-state index contributed by atoms with van der Waals surface area (Å²) in [5, 5.41) is 5.94. The van der Waals surface area contributed by atoms with Crippen LogP contribution in [0.4, 0.5) is 4.79 Å². The Morgan fingerprint density at radius 2 is 2.00 bits per heavy atom. The predicted molar refractivity (Wildman–Crippen MR) is 86.5 cm³/mol. The first-order chi connectivity index (χ1) is 11.2. The van der Waals surface area contributed by atoms with E-state index in [0.717, 1.165) is 18.5 Å². The van der Waals surface area contributed by atoms with Crippen molar-refractivity contribution >= 4 is 11.9 Å². The Kier molecular flexibility index (Phi) is 5.09. The second-order valence-electron chi connectivity index (χ2n) is 5.98. The summed E-state index contributed by atoms with van der Waals surface area (Å²) in [5.74, 6) is 0.164. The van der Waals surface area contributed by atoms with E-state index in [1.165, 1.54) is 0 Å². The molecular weight excluding hydrogens is 294 g/mol. The number of nitrogens with one attached hydrogen (secondary N) is 4. The van der Waals surface area contributed by atoms with Crippen LogP contribution in [0.25, 0.3) is 0 Å². The second kappa shape index (κ2) is 7.43. The number of urea groups is 1. The maximum absolute atomic E-state index is 12.3. The van der Waals surface area contributed by atoms with Gasteiger partial charge in [0.1, 0.15) is 0 Å². The average Bonchev–Trinajstić information content (AvgIpc) is 3.20. The van der Waals surface area contributed by atoms with Gasteiger partial charge in [-0.1, -0.05) is 30.3 Å². The molecule has 4 N–H and O–H groups in total. The molecule has 124 valence electrons. The third-order valence-electron chi connectivity index (χ3n) is 4.24. The molecule has 0 spiro atoms. The Labute approximate surface area is 135 Å². The van der Waals surface area contributed by atoms with Gasteiger partial charge in [0, 0.05) is 32.6 Å². The van der Waals surface area contributed by atoms with Crippen molar-refractivity contribution in [3.8, 4) is 0 Å². The summed E-state index contributed by atoms with van der Waals surface area (Å²) in [5.41, 5.74) is 6.97. The van der Waals surface area contributed by atoms with Crippen molar-refractivity contribution in [2.45, 2.75) is 24.9 Å². The number of hydrogen-bond acceptors (Lipinski definition) is 4. The van der Waals surface area contributed by atoms with Crippen LogP contribution in [-0.4, -0.2) is 49.1 Å². The molecular formula is C16H23N5O2. The lowest BCUT2D eigenvalue weighted by Gasteiger charge is -2.26. The number of rotatable bonds is 5. The largest absolute Gasteiger partial charge is 0.340 e. The van der Waals surface area contributed by atoms with Crippen LogP contribution in [0.1, 0.15) is 24.4 Å². The van der Waals surface area contributed by atoms with Crippen LogP contribution in [0.5, 0.6) is 0 Å². The van der Waals surface area contributed by atoms with Crippen molar-refractivity contribution in [1.29, 1.82) is 0 Å². The molecule has 2 aliphatic rings. The third-order valence-corrected chi connectivity index (χ3v) is 4.24. The highest BCUT2D eigenvalue weighted by Crippen LogP contribution is 2.18. The molecule has 1 aromatic carbocycles. The minimum Gasteiger partial charge on any atom is -0.340 e. The Morgan fingerprint density at radius 1 is 1.26 bits per heavy atom. The number of carbonyl (C=O) groups excluding carboxylic acids is 2. The first-order valence-electron chi connectivity index (χ1n) is 8.08. The summed E-state index contributed by atoms with van der Waals surface area (Å²) >= 11 is 0. The van der Waals surface area contributed by atoms with E-state index in [1.54, 1.807) is 0 Å². The van der Waals surface area contributed by atoms with Gasteiger partial charge in [-0.05, 0) is 12.0 Å². The number of carbonyl (C=O) groups is 2. The third kappa shape index (κ3) is 4.20. The van der Waals surface area contributed by atoms with Crippen LogP contribution in [0.15, 0.2) is 30.3 Å². The fourth-order valence-electron chi connectivity index (χ4n) is 2.99. The topological polar surface area (TPSA) is 85.5 Å². The zero-order valence-electron chi connectivity index (χ0n) is 13.0. The zero-order valence-corrected chi connectivity index (χ0v) is 13.0. The quantitative estimate of drug-likeness (QED) is 0.622. The fourth-order valence-corrected chi connectivity index (χ4v) is 2.99. The maximum atomic E-state index is 12.3. The molecule has 0 radical (unpaired) electrons.